The van der Waals surface area contributed by atoms with Crippen molar-refractivity contribution in [3.05, 3.63) is 33.8 Å². The van der Waals surface area contributed by atoms with E-state index >= 15 is 0 Å². The summed E-state index contributed by atoms with van der Waals surface area (Å²) in [5, 5.41) is 13.5. The van der Waals surface area contributed by atoms with Gasteiger partial charge in [0.1, 0.15) is 0 Å². The van der Waals surface area contributed by atoms with E-state index < -0.39 is 11.6 Å². The van der Waals surface area contributed by atoms with E-state index in [1.54, 1.807) is 18.2 Å². The molecule has 1 heterocycles. The lowest BCUT2D eigenvalue weighted by Crippen LogP contribution is -2.57. The van der Waals surface area contributed by atoms with Gasteiger partial charge in [0.2, 0.25) is 5.91 Å². The first-order valence-electron chi connectivity index (χ1n) is 6.71. The van der Waals surface area contributed by atoms with Gasteiger partial charge in [0.05, 0.1) is 11.6 Å². The molecule has 1 aromatic rings. The summed E-state index contributed by atoms with van der Waals surface area (Å²) >= 11 is 12.0. The monoisotopic (exact) mass is 332 g/mol. The van der Waals surface area contributed by atoms with E-state index in [1.165, 1.54) is 0 Å². The SMILES string of the molecule is NC1(C(=O)NCC(O)c2c(Cl)cccc2Cl)CCOCC1. The third-order valence-electron chi connectivity index (χ3n) is 3.63. The molecular formula is C14H18Cl2N2O3. The predicted molar refractivity (Wildman–Crippen MR) is 81.4 cm³/mol. The van der Waals surface area contributed by atoms with Gasteiger partial charge in [-0.1, -0.05) is 29.3 Å². The summed E-state index contributed by atoms with van der Waals surface area (Å²) in [5.74, 6) is -0.298. The molecule has 0 saturated carbocycles. The van der Waals surface area contributed by atoms with Crippen LogP contribution in [0.4, 0.5) is 0 Å². The second-order valence-electron chi connectivity index (χ2n) is 5.13. The summed E-state index contributed by atoms with van der Waals surface area (Å²) < 4.78 is 5.20. The average Bonchev–Trinajstić information content (AvgIpc) is 2.45. The molecule has 1 fully saturated rings. The van der Waals surface area contributed by atoms with Crippen molar-refractivity contribution in [2.75, 3.05) is 19.8 Å². The number of ether oxygens (including phenoxy) is 1. The number of rotatable bonds is 4. The zero-order valence-electron chi connectivity index (χ0n) is 11.4. The molecule has 5 nitrogen and oxygen atoms in total. The molecule has 7 heteroatoms. The van der Waals surface area contributed by atoms with Gasteiger partial charge < -0.3 is 20.9 Å². The number of aliphatic hydroxyl groups excluding tert-OH is 1. The van der Waals surface area contributed by atoms with Crippen molar-refractivity contribution >= 4 is 29.1 Å². The van der Waals surface area contributed by atoms with Gasteiger partial charge in [-0.2, -0.15) is 0 Å². The van der Waals surface area contributed by atoms with Crippen molar-refractivity contribution in [2.24, 2.45) is 5.73 Å². The quantitative estimate of drug-likeness (QED) is 0.782. The summed E-state index contributed by atoms with van der Waals surface area (Å²) in [6.45, 7) is 0.924. The van der Waals surface area contributed by atoms with E-state index in [-0.39, 0.29) is 12.5 Å². The summed E-state index contributed by atoms with van der Waals surface area (Å²) in [6, 6.07) is 4.96. The standard InChI is InChI=1S/C14H18Cl2N2O3/c15-9-2-1-3-10(16)12(9)11(19)8-18-13(20)14(17)4-6-21-7-5-14/h1-3,11,19H,4-8,17H2,(H,18,20). The zero-order chi connectivity index (χ0) is 15.5. The maximum atomic E-state index is 12.2. The van der Waals surface area contributed by atoms with Gasteiger partial charge in [-0.3, -0.25) is 4.79 Å². The molecule has 0 spiro atoms. The van der Waals surface area contributed by atoms with Crippen molar-refractivity contribution in [3.8, 4) is 0 Å². The first-order chi connectivity index (χ1) is 9.94. The van der Waals surface area contributed by atoms with Gasteiger partial charge >= 0.3 is 0 Å². The summed E-state index contributed by atoms with van der Waals surface area (Å²) in [5.41, 5.74) is 5.52. The molecule has 116 valence electrons. The van der Waals surface area contributed by atoms with Crippen LogP contribution in [0, 0.1) is 0 Å². The number of carbonyl (C=O) groups is 1. The van der Waals surface area contributed by atoms with E-state index in [9.17, 15) is 9.90 Å². The van der Waals surface area contributed by atoms with E-state index in [0.29, 0.717) is 41.7 Å². The molecule has 4 N–H and O–H groups in total. The lowest BCUT2D eigenvalue weighted by molar-refractivity contribution is -0.130. The Labute approximate surface area is 133 Å². The Bertz CT molecular complexity index is 499. The fourth-order valence-electron chi connectivity index (χ4n) is 2.26. The van der Waals surface area contributed by atoms with Crippen molar-refractivity contribution in [1.29, 1.82) is 0 Å². The van der Waals surface area contributed by atoms with Gasteiger partial charge in [0.15, 0.2) is 0 Å². The smallest absolute Gasteiger partial charge is 0.240 e. The minimum Gasteiger partial charge on any atom is -0.386 e. The maximum Gasteiger partial charge on any atom is 0.240 e. The van der Waals surface area contributed by atoms with E-state index in [0.717, 1.165) is 0 Å². The van der Waals surface area contributed by atoms with Gasteiger partial charge in [0, 0.05) is 35.4 Å². The van der Waals surface area contributed by atoms with Crippen molar-refractivity contribution < 1.29 is 14.6 Å². The summed E-state index contributed by atoms with van der Waals surface area (Å²) in [7, 11) is 0. The molecule has 1 amide bonds. The highest BCUT2D eigenvalue weighted by Gasteiger charge is 2.36. The number of aliphatic hydroxyl groups is 1. The van der Waals surface area contributed by atoms with E-state index in [1.807, 2.05) is 0 Å². The van der Waals surface area contributed by atoms with E-state index in [2.05, 4.69) is 5.32 Å². The number of carbonyl (C=O) groups excluding carboxylic acids is 1. The number of nitrogens with one attached hydrogen (secondary N) is 1. The van der Waals surface area contributed by atoms with Crippen LogP contribution in [0.5, 0.6) is 0 Å². The molecule has 1 aromatic carbocycles. The highest BCUT2D eigenvalue weighted by atomic mass is 35.5. The summed E-state index contributed by atoms with van der Waals surface area (Å²) in [4.78, 5) is 12.2. The minimum atomic E-state index is -0.987. The third-order valence-corrected chi connectivity index (χ3v) is 4.29. The molecule has 0 aromatic heterocycles. The number of benzene rings is 1. The first kappa shape index (κ1) is 16.5. The number of hydrogen-bond acceptors (Lipinski definition) is 4. The van der Waals surface area contributed by atoms with Gasteiger partial charge in [-0.15, -0.1) is 0 Å². The molecular weight excluding hydrogens is 315 g/mol. The van der Waals surface area contributed by atoms with Crippen LogP contribution in [0.3, 0.4) is 0 Å². The molecule has 2 rings (SSSR count). The van der Waals surface area contributed by atoms with Crippen molar-refractivity contribution in [3.63, 3.8) is 0 Å². The topological polar surface area (TPSA) is 84.6 Å². The molecule has 0 aliphatic carbocycles. The minimum absolute atomic E-state index is 0.00208. The number of halogens is 2. The Morgan fingerprint density at radius 3 is 2.52 bits per heavy atom. The fraction of sp³-hybridized carbons (Fsp3) is 0.500. The van der Waals surface area contributed by atoms with Crippen LogP contribution in [0.1, 0.15) is 24.5 Å². The van der Waals surface area contributed by atoms with Crippen LogP contribution in [0.15, 0.2) is 18.2 Å². The maximum absolute atomic E-state index is 12.2. The lowest BCUT2D eigenvalue weighted by atomic mass is 9.90. The largest absolute Gasteiger partial charge is 0.386 e. The van der Waals surface area contributed by atoms with Gasteiger partial charge in [-0.25, -0.2) is 0 Å². The lowest BCUT2D eigenvalue weighted by Gasteiger charge is -2.32. The van der Waals surface area contributed by atoms with Crippen LogP contribution in [0.25, 0.3) is 0 Å². The second-order valence-corrected chi connectivity index (χ2v) is 5.94. The molecule has 0 bridgehead atoms. The first-order valence-corrected chi connectivity index (χ1v) is 7.46. The van der Waals surface area contributed by atoms with Gasteiger partial charge in [0.25, 0.3) is 0 Å². The average molecular weight is 333 g/mol. The van der Waals surface area contributed by atoms with Crippen molar-refractivity contribution in [2.45, 2.75) is 24.5 Å². The number of amides is 1. The Balaban J connectivity index is 1.97. The van der Waals surface area contributed by atoms with Crippen LogP contribution < -0.4 is 11.1 Å². The zero-order valence-corrected chi connectivity index (χ0v) is 13.0. The Morgan fingerprint density at radius 1 is 1.38 bits per heavy atom. The molecule has 1 saturated heterocycles. The van der Waals surface area contributed by atoms with Crippen molar-refractivity contribution in [1.82, 2.24) is 5.32 Å². The molecule has 21 heavy (non-hydrogen) atoms. The molecule has 1 aliphatic rings. The van der Waals surface area contributed by atoms with E-state index in [4.69, 9.17) is 33.7 Å². The highest BCUT2D eigenvalue weighted by Crippen LogP contribution is 2.30. The summed E-state index contributed by atoms with van der Waals surface area (Å²) in [6.07, 6.45) is -0.0672. The van der Waals surface area contributed by atoms with Crippen LogP contribution >= 0.6 is 23.2 Å². The molecule has 1 unspecified atom stereocenters. The predicted octanol–water partition coefficient (Wildman–Crippen LogP) is 1.65. The van der Waals surface area contributed by atoms with Crippen LogP contribution in [-0.4, -0.2) is 36.3 Å². The van der Waals surface area contributed by atoms with Crippen LogP contribution in [0.2, 0.25) is 10.0 Å². The Morgan fingerprint density at radius 2 is 1.95 bits per heavy atom. The number of hydrogen-bond donors (Lipinski definition) is 3. The third kappa shape index (κ3) is 3.87. The fourth-order valence-corrected chi connectivity index (χ4v) is 2.91. The van der Waals surface area contributed by atoms with Crippen LogP contribution in [-0.2, 0) is 9.53 Å². The molecule has 0 radical (unpaired) electrons. The Hall–Kier alpha value is -0.850. The highest BCUT2D eigenvalue weighted by molar-refractivity contribution is 6.36. The normalized spacial score (nSPS) is 19.0. The second kappa shape index (κ2) is 6.94. The molecule has 1 atom stereocenters. The van der Waals surface area contributed by atoms with Gasteiger partial charge in [-0.05, 0) is 25.0 Å². The molecule has 1 aliphatic heterocycles. The number of nitrogens with two attached hydrogens (primary N) is 1. The Kier molecular flexibility index (Phi) is 5.46.